The van der Waals surface area contributed by atoms with Crippen molar-refractivity contribution in [2.45, 2.75) is 26.3 Å². The normalized spacial score (nSPS) is 16.6. The standard InChI is InChI=1S/C24H25N5O4/c1-4-20-27-24-25-14(2)21(23(30)26-16-7-5-6-8-17(16)31-3)22(29(24)28-20)15-9-10-18-19(13-15)33-12-11-32-18/h5-10,13,22H,4,11-12H2,1-3H3,(H,26,30)(H,25,27,28). The fourth-order valence-corrected chi connectivity index (χ4v) is 4.11. The van der Waals surface area contributed by atoms with Gasteiger partial charge in [-0.15, -0.1) is 0 Å². The summed E-state index contributed by atoms with van der Waals surface area (Å²) in [5.41, 5.74) is 2.66. The molecule has 5 rings (SSSR count). The van der Waals surface area contributed by atoms with Crippen molar-refractivity contribution >= 4 is 17.5 Å². The van der Waals surface area contributed by atoms with Gasteiger partial charge in [0.25, 0.3) is 5.91 Å². The van der Waals surface area contributed by atoms with E-state index in [1.807, 2.05) is 44.2 Å². The van der Waals surface area contributed by atoms with Gasteiger partial charge >= 0.3 is 0 Å². The van der Waals surface area contributed by atoms with E-state index >= 15 is 0 Å². The first kappa shape index (κ1) is 20.9. The number of para-hydroxylation sites is 2. The lowest BCUT2D eigenvalue weighted by atomic mass is 9.94. The molecule has 9 heteroatoms. The van der Waals surface area contributed by atoms with E-state index in [9.17, 15) is 4.79 Å². The van der Waals surface area contributed by atoms with Crippen LogP contribution in [0.4, 0.5) is 11.6 Å². The number of hydrogen-bond acceptors (Lipinski definition) is 7. The molecule has 33 heavy (non-hydrogen) atoms. The molecule has 2 aliphatic heterocycles. The van der Waals surface area contributed by atoms with Crippen LogP contribution in [0.2, 0.25) is 0 Å². The van der Waals surface area contributed by atoms with Crippen LogP contribution < -0.4 is 24.8 Å². The molecule has 1 atom stereocenters. The van der Waals surface area contributed by atoms with Crippen molar-refractivity contribution in [1.29, 1.82) is 0 Å². The molecule has 0 saturated heterocycles. The minimum absolute atomic E-state index is 0.261. The minimum Gasteiger partial charge on any atom is -0.495 e. The van der Waals surface area contributed by atoms with Crippen LogP contribution in [0.25, 0.3) is 0 Å². The molecule has 2 aromatic carbocycles. The summed E-state index contributed by atoms with van der Waals surface area (Å²) in [5, 5.41) is 10.9. The van der Waals surface area contributed by atoms with Gasteiger partial charge in [0.2, 0.25) is 5.95 Å². The largest absolute Gasteiger partial charge is 0.495 e. The Hall–Kier alpha value is -4.01. The Kier molecular flexibility index (Phi) is 5.37. The second kappa shape index (κ2) is 8.50. The first-order chi connectivity index (χ1) is 16.1. The third kappa shape index (κ3) is 3.75. The first-order valence-electron chi connectivity index (χ1n) is 10.9. The lowest BCUT2D eigenvalue weighted by Crippen LogP contribution is -2.31. The molecule has 0 saturated carbocycles. The SMILES string of the molecule is CCc1nc2n(n1)C(c1ccc3c(c1)OCCO3)C(C(=O)Nc1ccccc1OC)=C(C)N2. The number of ether oxygens (including phenoxy) is 3. The molecule has 0 aliphatic carbocycles. The molecular weight excluding hydrogens is 422 g/mol. The molecule has 9 nitrogen and oxygen atoms in total. The maximum Gasteiger partial charge on any atom is 0.255 e. The predicted molar refractivity (Wildman–Crippen MR) is 123 cm³/mol. The fourth-order valence-electron chi connectivity index (χ4n) is 4.11. The van der Waals surface area contributed by atoms with Crippen molar-refractivity contribution < 1.29 is 19.0 Å². The molecule has 0 fully saturated rings. The van der Waals surface area contributed by atoms with Gasteiger partial charge in [0.1, 0.15) is 25.0 Å². The average molecular weight is 447 g/mol. The highest BCUT2D eigenvalue weighted by atomic mass is 16.6. The van der Waals surface area contributed by atoms with E-state index in [1.165, 1.54) is 0 Å². The van der Waals surface area contributed by atoms with Crippen molar-refractivity contribution in [2.24, 2.45) is 0 Å². The number of rotatable bonds is 5. The maximum absolute atomic E-state index is 13.6. The molecule has 0 radical (unpaired) electrons. The second-order valence-corrected chi connectivity index (χ2v) is 7.77. The smallest absolute Gasteiger partial charge is 0.255 e. The third-order valence-electron chi connectivity index (χ3n) is 5.69. The Morgan fingerprint density at radius 1 is 1.21 bits per heavy atom. The summed E-state index contributed by atoms with van der Waals surface area (Å²) in [7, 11) is 1.57. The molecule has 3 heterocycles. The van der Waals surface area contributed by atoms with E-state index in [4.69, 9.17) is 14.2 Å². The van der Waals surface area contributed by atoms with Crippen LogP contribution in [0.1, 0.15) is 31.3 Å². The summed E-state index contributed by atoms with van der Waals surface area (Å²) in [4.78, 5) is 18.2. The Morgan fingerprint density at radius 2 is 2.00 bits per heavy atom. The van der Waals surface area contributed by atoms with Gasteiger partial charge in [0.05, 0.1) is 18.4 Å². The molecule has 2 N–H and O–H groups in total. The summed E-state index contributed by atoms with van der Waals surface area (Å²) >= 11 is 0. The number of nitrogens with one attached hydrogen (secondary N) is 2. The van der Waals surface area contributed by atoms with Crippen LogP contribution in [-0.2, 0) is 11.2 Å². The maximum atomic E-state index is 13.6. The number of aromatic nitrogens is 3. The van der Waals surface area contributed by atoms with Crippen LogP contribution in [0.3, 0.4) is 0 Å². The van der Waals surface area contributed by atoms with Crippen LogP contribution in [0.15, 0.2) is 53.7 Å². The molecule has 3 aromatic rings. The molecule has 0 spiro atoms. The third-order valence-corrected chi connectivity index (χ3v) is 5.69. The van der Waals surface area contributed by atoms with Gasteiger partial charge in [-0.2, -0.15) is 10.1 Å². The Balaban J connectivity index is 1.59. The lowest BCUT2D eigenvalue weighted by molar-refractivity contribution is -0.113. The highest BCUT2D eigenvalue weighted by molar-refractivity contribution is 6.06. The monoisotopic (exact) mass is 447 g/mol. The number of carbonyl (C=O) groups excluding carboxylic acids is 1. The van der Waals surface area contributed by atoms with Crippen molar-refractivity contribution in [3.8, 4) is 17.2 Å². The van der Waals surface area contributed by atoms with Gasteiger partial charge in [-0.25, -0.2) is 4.68 Å². The zero-order valence-electron chi connectivity index (χ0n) is 18.7. The van der Waals surface area contributed by atoms with Crippen LogP contribution in [-0.4, -0.2) is 41.0 Å². The number of anilines is 2. The van der Waals surface area contributed by atoms with Crippen molar-refractivity contribution in [1.82, 2.24) is 14.8 Å². The molecule has 170 valence electrons. The summed E-state index contributed by atoms with van der Waals surface area (Å²) in [6.45, 7) is 4.85. The van der Waals surface area contributed by atoms with Crippen LogP contribution >= 0.6 is 0 Å². The zero-order chi connectivity index (χ0) is 22.9. The van der Waals surface area contributed by atoms with Gasteiger partial charge in [0, 0.05) is 12.1 Å². The summed E-state index contributed by atoms with van der Waals surface area (Å²) in [6.07, 6.45) is 0.678. The molecular formula is C24H25N5O4. The molecule has 1 unspecified atom stereocenters. The Bertz CT molecular complexity index is 1250. The summed E-state index contributed by atoms with van der Waals surface area (Å²) in [5.74, 6) is 2.95. The average Bonchev–Trinajstić information content (AvgIpc) is 3.25. The fraction of sp³-hybridized carbons (Fsp3) is 0.292. The highest BCUT2D eigenvalue weighted by Crippen LogP contribution is 2.40. The van der Waals surface area contributed by atoms with Gasteiger partial charge in [-0.1, -0.05) is 25.1 Å². The highest BCUT2D eigenvalue weighted by Gasteiger charge is 2.35. The van der Waals surface area contributed by atoms with E-state index in [1.54, 1.807) is 23.9 Å². The predicted octanol–water partition coefficient (Wildman–Crippen LogP) is 3.55. The molecule has 1 aromatic heterocycles. The second-order valence-electron chi connectivity index (χ2n) is 7.77. The quantitative estimate of drug-likeness (QED) is 0.617. The topological polar surface area (TPSA) is 99.5 Å². The van der Waals surface area contributed by atoms with Gasteiger partial charge in [-0.3, -0.25) is 4.79 Å². The zero-order valence-corrected chi connectivity index (χ0v) is 18.7. The summed E-state index contributed by atoms with van der Waals surface area (Å²) < 4.78 is 18.6. The van der Waals surface area contributed by atoms with Crippen molar-refractivity contribution in [2.75, 3.05) is 31.0 Å². The minimum atomic E-state index is -0.500. The van der Waals surface area contributed by atoms with Crippen molar-refractivity contribution in [3.05, 3.63) is 65.1 Å². The number of hydrogen-bond donors (Lipinski definition) is 2. The summed E-state index contributed by atoms with van der Waals surface area (Å²) in [6, 6.07) is 12.5. The van der Waals surface area contributed by atoms with E-state index in [-0.39, 0.29) is 5.91 Å². The van der Waals surface area contributed by atoms with Crippen molar-refractivity contribution in [3.63, 3.8) is 0 Å². The Morgan fingerprint density at radius 3 is 2.79 bits per heavy atom. The first-order valence-corrected chi connectivity index (χ1v) is 10.9. The van der Waals surface area contributed by atoms with E-state index in [0.717, 1.165) is 5.56 Å². The van der Waals surface area contributed by atoms with Crippen LogP contribution in [0, 0.1) is 0 Å². The van der Waals surface area contributed by atoms with Gasteiger partial charge in [-0.05, 0) is 36.8 Å². The molecule has 0 bridgehead atoms. The van der Waals surface area contributed by atoms with Gasteiger partial charge in [0.15, 0.2) is 17.3 Å². The number of benzene rings is 2. The number of allylic oxidation sites excluding steroid dienone is 1. The van der Waals surface area contributed by atoms with E-state index in [0.29, 0.717) is 65.6 Å². The number of carbonyl (C=O) groups is 1. The van der Waals surface area contributed by atoms with E-state index in [2.05, 4.69) is 20.7 Å². The number of aryl methyl sites for hydroxylation is 1. The van der Waals surface area contributed by atoms with Crippen LogP contribution in [0.5, 0.6) is 17.2 Å². The number of amides is 1. The Labute approximate surface area is 191 Å². The number of methoxy groups -OCH3 is 1. The number of fused-ring (bicyclic) bond motifs is 2. The molecule has 2 aliphatic rings. The van der Waals surface area contributed by atoms with E-state index < -0.39 is 6.04 Å². The number of nitrogens with zero attached hydrogens (tertiary/aromatic N) is 3. The van der Waals surface area contributed by atoms with Gasteiger partial charge < -0.3 is 24.8 Å². The molecule has 1 amide bonds. The lowest BCUT2D eigenvalue weighted by Gasteiger charge is -2.29.